The summed E-state index contributed by atoms with van der Waals surface area (Å²) in [4.78, 5) is 16.1. The van der Waals surface area contributed by atoms with Crippen LogP contribution in [0.4, 0.5) is 0 Å². The monoisotopic (exact) mass is 318 g/mol. The van der Waals surface area contributed by atoms with Crippen LogP contribution in [0.2, 0.25) is 0 Å². The summed E-state index contributed by atoms with van der Waals surface area (Å²) in [5.41, 5.74) is 0. The smallest absolute Gasteiger partial charge is 0.260 e. The molecular formula is C14H20Cl2N2O2. The number of hydrogen-bond donors (Lipinski definition) is 0. The van der Waals surface area contributed by atoms with Crippen LogP contribution in [0.1, 0.15) is 0 Å². The van der Waals surface area contributed by atoms with E-state index in [1.807, 2.05) is 35.2 Å². The van der Waals surface area contributed by atoms with Gasteiger partial charge < -0.3 is 9.64 Å². The predicted molar refractivity (Wildman–Crippen MR) is 82.9 cm³/mol. The van der Waals surface area contributed by atoms with E-state index in [2.05, 4.69) is 4.90 Å². The van der Waals surface area contributed by atoms with E-state index in [1.54, 1.807) is 0 Å². The highest BCUT2D eigenvalue weighted by Crippen LogP contribution is 2.09. The number of hydrogen-bond acceptors (Lipinski definition) is 3. The Morgan fingerprint density at radius 2 is 1.80 bits per heavy atom. The third-order valence-electron chi connectivity index (χ3n) is 3.23. The first-order valence-electron chi connectivity index (χ1n) is 6.53. The second-order valence-corrected chi connectivity index (χ2v) is 4.89. The molecule has 1 heterocycles. The Kier molecular flexibility index (Phi) is 7.73. The average molecular weight is 319 g/mol. The number of piperazine rings is 1. The lowest BCUT2D eigenvalue weighted by Crippen LogP contribution is -2.50. The van der Waals surface area contributed by atoms with E-state index in [0.717, 1.165) is 38.5 Å². The topological polar surface area (TPSA) is 32.8 Å². The van der Waals surface area contributed by atoms with Crippen LogP contribution >= 0.6 is 24.0 Å². The molecule has 0 atom stereocenters. The van der Waals surface area contributed by atoms with Crippen molar-refractivity contribution in [1.82, 2.24) is 9.80 Å². The second kappa shape index (κ2) is 9.06. The van der Waals surface area contributed by atoms with E-state index in [4.69, 9.17) is 16.3 Å². The molecule has 1 saturated heterocycles. The van der Waals surface area contributed by atoms with E-state index in [-0.39, 0.29) is 24.9 Å². The lowest BCUT2D eigenvalue weighted by Gasteiger charge is -2.34. The third kappa shape index (κ3) is 5.19. The van der Waals surface area contributed by atoms with E-state index >= 15 is 0 Å². The zero-order valence-corrected chi connectivity index (χ0v) is 12.9. The third-order valence-corrected chi connectivity index (χ3v) is 3.40. The number of alkyl halides is 1. The van der Waals surface area contributed by atoms with Crippen LogP contribution in [0, 0.1) is 0 Å². The lowest BCUT2D eigenvalue weighted by molar-refractivity contribution is -0.135. The van der Waals surface area contributed by atoms with Gasteiger partial charge >= 0.3 is 0 Å². The van der Waals surface area contributed by atoms with Crippen molar-refractivity contribution in [2.75, 3.05) is 45.2 Å². The van der Waals surface area contributed by atoms with Crippen LogP contribution < -0.4 is 4.74 Å². The van der Waals surface area contributed by atoms with Crippen LogP contribution in [0.25, 0.3) is 0 Å². The first-order chi connectivity index (χ1) is 9.29. The van der Waals surface area contributed by atoms with Gasteiger partial charge in [0.1, 0.15) is 5.75 Å². The quantitative estimate of drug-likeness (QED) is 0.777. The SMILES string of the molecule is Cl.O=C(COc1ccccc1)N1CCN(CCCl)CC1. The molecule has 1 aromatic rings. The van der Waals surface area contributed by atoms with Crippen molar-refractivity contribution in [3.05, 3.63) is 30.3 Å². The number of amides is 1. The van der Waals surface area contributed by atoms with Crippen molar-refractivity contribution in [1.29, 1.82) is 0 Å². The summed E-state index contributed by atoms with van der Waals surface area (Å²) in [6.07, 6.45) is 0. The molecule has 0 unspecified atom stereocenters. The number of halogens is 2. The molecule has 6 heteroatoms. The average Bonchev–Trinajstić information content (AvgIpc) is 2.47. The minimum atomic E-state index is 0. The molecule has 0 aliphatic carbocycles. The highest BCUT2D eigenvalue weighted by atomic mass is 35.5. The Labute approximate surface area is 131 Å². The maximum Gasteiger partial charge on any atom is 0.260 e. The van der Waals surface area contributed by atoms with Gasteiger partial charge in [0.05, 0.1) is 0 Å². The molecule has 1 aliphatic rings. The summed E-state index contributed by atoms with van der Waals surface area (Å²) in [6.45, 7) is 4.30. The van der Waals surface area contributed by atoms with Crippen molar-refractivity contribution < 1.29 is 9.53 Å². The second-order valence-electron chi connectivity index (χ2n) is 4.51. The Bertz CT molecular complexity index is 395. The molecule has 1 fully saturated rings. The maximum atomic E-state index is 12.0. The minimum absolute atomic E-state index is 0. The van der Waals surface area contributed by atoms with Crippen molar-refractivity contribution in [3.8, 4) is 5.75 Å². The zero-order chi connectivity index (χ0) is 13.5. The number of para-hydroxylation sites is 1. The fourth-order valence-electron chi connectivity index (χ4n) is 2.09. The lowest BCUT2D eigenvalue weighted by atomic mass is 10.3. The van der Waals surface area contributed by atoms with Gasteiger partial charge in [0.25, 0.3) is 5.91 Å². The summed E-state index contributed by atoms with van der Waals surface area (Å²) in [7, 11) is 0. The predicted octanol–water partition coefficient (Wildman–Crippen LogP) is 1.87. The summed E-state index contributed by atoms with van der Waals surface area (Å²) in [5.74, 6) is 1.43. The summed E-state index contributed by atoms with van der Waals surface area (Å²) in [6, 6.07) is 9.41. The van der Waals surface area contributed by atoms with Gasteiger partial charge in [-0.1, -0.05) is 18.2 Å². The highest BCUT2D eigenvalue weighted by molar-refractivity contribution is 6.18. The van der Waals surface area contributed by atoms with Gasteiger partial charge in [-0.3, -0.25) is 9.69 Å². The van der Waals surface area contributed by atoms with Crippen LogP contribution in [0.3, 0.4) is 0 Å². The molecule has 4 nitrogen and oxygen atoms in total. The van der Waals surface area contributed by atoms with Crippen LogP contribution in [-0.2, 0) is 4.79 Å². The molecule has 2 rings (SSSR count). The Hall–Kier alpha value is -0.970. The number of carbonyl (C=O) groups excluding carboxylic acids is 1. The Morgan fingerprint density at radius 3 is 2.40 bits per heavy atom. The highest BCUT2D eigenvalue weighted by Gasteiger charge is 2.20. The molecule has 0 bridgehead atoms. The van der Waals surface area contributed by atoms with E-state index in [1.165, 1.54) is 0 Å². The van der Waals surface area contributed by atoms with Crippen LogP contribution in [-0.4, -0.2) is 60.9 Å². The van der Waals surface area contributed by atoms with Gasteiger partial charge in [-0.25, -0.2) is 0 Å². The van der Waals surface area contributed by atoms with Crippen LogP contribution in [0.5, 0.6) is 5.75 Å². The zero-order valence-electron chi connectivity index (χ0n) is 11.3. The van der Waals surface area contributed by atoms with E-state index in [0.29, 0.717) is 5.88 Å². The summed E-state index contributed by atoms with van der Waals surface area (Å²) in [5, 5.41) is 0. The fraction of sp³-hybridized carbons (Fsp3) is 0.500. The van der Waals surface area contributed by atoms with Crippen molar-refractivity contribution in [3.63, 3.8) is 0 Å². The largest absolute Gasteiger partial charge is 0.484 e. The van der Waals surface area contributed by atoms with Gasteiger partial charge in [0, 0.05) is 38.6 Å². The molecule has 0 aromatic heterocycles. The van der Waals surface area contributed by atoms with Gasteiger partial charge in [-0.2, -0.15) is 0 Å². The molecule has 1 aromatic carbocycles. The van der Waals surface area contributed by atoms with Crippen molar-refractivity contribution >= 4 is 29.9 Å². The number of carbonyl (C=O) groups is 1. The Balaban J connectivity index is 0.00000200. The molecule has 112 valence electrons. The first-order valence-corrected chi connectivity index (χ1v) is 7.07. The van der Waals surface area contributed by atoms with Gasteiger partial charge in [-0.15, -0.1) is 24.0 Å². The molecule has 0 saturated carbocycles. The standard InChI is InChI=1S/C14H19ClN2O2.ClH/c15-6-7-16-8-10-17(11-9-16)14(18)12-19-13-4-2-1-3-5-13;/h1-5H,6-12H2;1H. The van der Waals surface area contributed by atoms with Gasteiger partial charge in [0.15, 0.2) is 6.61 Å². The number of nitrogens with zero attached hydrogens (tertiary/aromatic N) is 2. The first kappa shape index (κ1) is 17.1. The number of benzene rings is 1. The molecule has 0 N–H and O–H groups in total. The molecule has 0 radical (unpaired) electrons. The summed E-state index contributed by atoms with van der Waals surface area (Å²) >= 11 is 5.71. The molecule has 1 aliphatic heterocycles. The molecule has 1 amide bonds. The van der Waals surface area contributed by atoms with E-state index in [9.17, 15) is 4.79 Å². The minimum Gasteiger partial charge on any atom is -0.484 e. The van der Waals surface area contributed by atoms with Crippen molar-refractivity contribution in [2.24, 2.45) is 0 Å². The van der Waals surface area contributed by atoms with Gasteiger partial charge in [0.2, 0.25) is 0 Å². The normalized spacial score (nSPS) is 15.6. The molecular weight excluding hydrogens is 299 g/mol. The molecule has 20 heavy (non-hydrogen) atoms. The molecule has 0 spiro atoms. The van der Waals surface area contributed by atoms with E-state index < -0.39 is 0 Å². The number of rotatable bonds is 5. The van der Waals surface area contributed by atoms with Crippen LogP contribution in [0.15, 0.2) is 30.3 Å². The van der Waals surface area contributed by atoms with Crippen molar-refractivity contribution in [2.45, 2.75) is 0 Å². The fourth-order valence-corrected chi connectivity index (χ4v) is 2.33. The number of ether oxygens (including phenoxy) is 1. The summed E-state index contributed by atoms with van der Waals surface area (Å²) < 4.78 is 5.47. The maximum absolute atomic E-state index is 12.0. The Morgan fingerprint density at radius 1 is 1.15 bits per heavy atom. The van der Waals surface area contributed by atoms with Gasteiger partial charge in [-0.05, 0) is 12.1 Å².